The molecule has 2 aromatic rings. The Kier molecular flexibility index (Phi) is 5.82. The molecule has 4 nitrogen and oxygen atoms in total. The number of carbonyl (C=O) groups is 1. The van der Waals surface area contributed by atoms with Crippen molar-refractivity contribution >= 4 is 5.91 Å². The van der Waals surface area contributed by atoms with Crippen LogP contribution in [0.2, 0.25) is 0 Å². The van der Waals surface area contributed by atoms with Crippen LogP contribution in [-0.2, 0) is 6.54 Å². The van der Waals surface area contributed by atoms with Crippen molar-refractivity contribution < 1.29 is 4.79 Å². The summed E-state index contributed by atoms with van der Waals surface area (Å²) >= 11 is 0. The van der Waals surface area contributed by atoms with Crippen molar-refractivity contribution in [2.24, 2.45) is 5.73 Å². The molecule has 0 saturated heterocycles. The lowest BCUT2D eigenvalue weighted by Gasteiger charge is -2.33. The maximum absolute atomic E-state index is 11.3. The Morgan fingerprint density at radius 3 is 2.64 bits per heavy atom. The molecule has 1 heterocycles. The second kappa shape index (κ2) is 8.26. The minimum Gasteiger partial charge on any atom is -0.366 e. The predicted octanol–water partition coefficient (Wildman–Crippen LogP) is 4.00. The lowest BCUT2D eigenvalue weighted by atomic mass is 9.94. The third-order valence-electron chi connectivity index (χ3n) is 5.15. The first-order valence-corrected chi connectivity index (χ1v) is 9.26. The van der Waals surface area contributed by atoms with E-state index < -0.39 is 5.91 Å². The Morgan fingerprint density at radius 1 is 1.20 bits per heavy atom. The van der Waals surface area contributed by atoms with E-state index in [1.807, 2.05) is 24.4 Å². The first-order chi connectivity index (χ1) is 12.2. The number of aromatic nitrogens is 1. The molecule has 0 atom stereocenters. The molecule has 25 heavy (non-hydrogen) atoms. The highest BCUT2D eigenvalue weighted by Gasteiger charge is 2.19. The molecular formula is C21H27N3O. The molecule has 1 amide bonds. The van der Waals surface area contributed by atoms with E-state index in [0.717, 1.165) is 24.3 Å². The van der Waals surface area contributed by atoms with Crippen molar-refractivity contribution in [3.8, 4) is 11.3 Å². The minimum absolute atomic E-state index is 0.412. The molecule has 1 aromatic heterocycles. The van der Waals surface area contributed by atoms with Crippen LogP contribution in [0, 0.1) is 0 Å². The Morgan fingerprint density at radius 2 is 2.00 bits per heavy atom. The van der Waals surface area contributed by atoms with E-state index in [-0.39, 0.29) is 0 Å². The average Bonchev–Trinajstić information content (AvgIpc) is 2.67. The van der Waals surface area contributed by atoms with Crippen LogP contribution in [0.15, 0.2) is 42.6 Å². The molecule has 0 spiro atoms. The third kappa shape index (κ3) is 4.45. The zero-order chi connectivity index (χ0) is 17.6. The zero-order valence-electron chi connectivity index (χ0n) is 14.9. The molecule has 1 saturated carbocycles. The minimum atomic E-state index is -0.412. The molecule has 0 bridgehead atoms. The predicted molar refractivity (Wildman–Crippen MR) is 101 cm³/mol. The number of hydrogen-bond donors (Lipinski definition) is 1. The van der Waals surface area contributed by atoms with Crippen LogP contribution >= 0.6 is 0 Å². The van der Waals surface area contributed by atoms with Crippen LogP contribution < -0.4 is 5.73 Å². The van der Waals surface area contributed by atoms with Gasteiger partial charge in [-0.15, -0.1) is 0 Å². The molecule has 0 unspecified atom stereocenters. The summed E-state index contributed by atoms with van der Waals surface area (Å²) in [6.45, 7) is 4.27. The number of primary amides is 1. The van der Waals surface area contributed by atoms with Gasteiger partial charge in [0, 0.05) is 29.9 Å². The number of nitrogens with two attached hydrogens (primary N) is 1. The lowest BCUT2D eigenvalue weighted by Crippen LogP contribution is -2.36. The summed E-state index contributed by atoms with van der Waals surface area (Å²) in [7, 11) is 0. The van der Waals surface area contributed by atoms with Gasteiger partial charge in [-0.05, 0) is 43.1 Å². The van der Waals surface area contributed by atoms with E-state index >= 15 is 0 Å². The van der Waals surface area contributed by atoms with Gasteiger partial charge >= 0.3 is 0 Å². The second-order valence-electron chi connectivity index (χ2n) is 6.85. The van der Waals surface area contributed by atoms with Crippen LogP contribution in [0.4, 0.5) is 0 Å². The number of pyridine rings is 1. The normalized spacial score (nSPS) is 15.4. The molecule has 2 N–H and O–H groups in total. The van der Waals surface area contributed by atoms with Crippen molar-refractivity contribution in [3.05, 3.63) is 53.7 Å². The van der Waals surface area contributed by atoms with Crippen LogP contribution in [-0.4, -0.2) is 28.4 Å². The van der Waals surface area contributed by atoms with E-state index in [4.69, 9.17) is 5.73 Å². The summed E-state index contributed by atoms with van der Waals surface area (Å²) < 4.78 is 0. The maximum atomic E-state index is 11.3. The van der Waals surface area contributed by atoms with Gasteiger partial charge in [0.25, 0.3) is 0 Å². The largest absolute Gasteiger partial charge is 0.366 e. The molecular weight excluding hydrogens is 310 g/mol. The summed E-state index contributed by atoms with van der Waals surface area (Å²) in [5.74, 6) is -0.412. The Bertz CT molecular complexity index is 705. The third-order valence-corrected chi connectivity index (χ3v) is 5.15. The van der Waals surface area contributed by atoms with Crippen LogP contribution in [0.3, 0.4) is 0 Å². The van der Waals surface area contributed by atoms with Crippen LogP contribution in [0.1, 0.15) is 54.9 Å². The fourth-order valence-electron chi connectivity index (χ4n) is 3.70. The molecule has 0 radical (unpaired) electrons. The van der Waals surface area contributed by atoms with Crippen LogP contribution in [0.25, 0.3) is 11.3 Å². The molecule has 1 fully saturated rings. The van der Waals surface area contributed by atoms with E-state index in [2.05, 4.69) is 22.9 Å². The van der Waals surface area contributed by atoms with E-state index in [1.54, 1.807) is 12.1 Å². The first-order valence-electron chi connectivity index (χ1n) is 9.26. The van der Waals surface area contributed by atoms with Gasteiger partial charge in [0.1, 0.15) is 0 Å². The number of hydrogen-bond acceptors (Lipinski definition) is 3. The van der Waals surface area contributed by atoms with Crippen molar-refractivity contribution in [1.82, 2.24) is 9.88 Å². The van der Waals surface area contributed by atoms with Crippen LogP contribution in [0.5, 0.6) is 0 Å². The van der Waals surface area contributed by atoms with Gasteiger partial charge in [-0.1, -0.05) is 44.4 Å². The molecule has 4 heteroatoms. The standard InChI is InChI=1S/C21H27N3O/c1-2-24(19-9-4-3-5-10-19)15-16-11-12-20(23-14-16)17-7-6-8-18(13-17)21(22)25/h6-8,11-14,19H,2-5,9-10,15H2,1H3,(H2,22,25). The van der Waals surface area contributed by atoms with Crippen molar-refractivity contribution in [2.45, 2.75) is 51.6 Å². The maximum Gasteiger partial charge on any atom is 0.248 e. The summed E-state index contributed by atoms with van der Waals surface area (Å²) in [5.41, 5.74) is 8.90. The summed E-state index contributed by atoms with van der Waals surface area (Å²) in [5, 5.41) is 0. The molecule has 1 aliphatic carbocycles. The van der Waals surface area contributed by atoms with Crippen molar-refractivity contribution in [3.63, 3.8) is 0 Å². The fourth-order valence-corrected chi connectivity index (χ4v) is 3.70. The molecule has 1 aliphatic rings. The van der Waals surface area contributed by atoms with E-state index in [0.29, 0.717) is 11.6 Å². The second-order valence-corrected chi connectivity index (χ2v) is 6.85. The van der Waals surface area contributed by atoms with Crippen molar-refractivity contribution in [2.75, 3.05) is 6.54 Å². The number of nitrogens with zero attached hydrogens (tertiary/aromatic N) is 2. The van der Waals surface area contributed by atoms with Crippen molar-refractivity contribution in [1.29, 1.82) is 0 Å². The number of rotatable bonds is 6. The molecule has 0 aliphatic heterocycles. The number of benzene rings is 1. The molecule has 132 valence electrons. The van der Waals surface area contributed by atoms with Gasteiger partial charge < -0.3 is 5.73 Å². The fraction of sp³-hybridized carbons (Fsp3) is 0.429. The highest BCUT2D eigenvalue weighted by molar-refractivity contribution is 5.93. The quantitative estimate of drug-likeness (QED) is 0.866. The highest BCUT2D eigenvalue weighted by atomic mass is 16.1. The molecule has 1 aromatic carbocycles. The average molecular weight is 337 g/mol. The Labute approximate surface area is 150 Å². The van der Waals surface area contributed by atoms with Gasteiger partial charge in [0.15, 0.2) is 0 Å². The van der Waals surface area contributed by atoms with E-state index in [9.17, 15) is 4.79 Å². The smallest absolute Gasteiger partial charge is 0.248 e. The number of amides is 1. The summed E-state index contributed by atoms with van der Waals surface area (Å²) in [6.07, 6.45) is 8.69. The topological polar surface area (TPSA) is 59.2 Å². The lowest BCUT2D eigenvalue weighted by molar-refractivity contribution is 0.100. The SMILES string of the molecule is CCN(Cc1ccc(-c2cccc(C(N)=O)c2)nc1)C1CCCCC1. The zero-order valence-corrected chi connectivity index (χ0v) is 14.9. The number of carbonyl (C=O) groups excluding carboxylic acids is 1. The Hall–Kier alpha value is -2.20. The van der Waals surface area contributed by atoms with E-state index in [1.165, 1.54) is 37.7 Å². The summed E-state index contributed by atoms with van der Waals surface area (Å²) in [4.78, 5) is 18.5. The molecule has 3 rings (SSSR count). The van der Waals surface area contributed by atoms with Gasteiger partial charge in [0.2, 0.25) is 5.91 Å². The monoisotopic (exact) mass is 337 g/mol. The highest BCUT2D eigenvalue weighted by Crippen LogP contribution is 2.24. The van der Waals surface area contributed by atoms with Gasteiger partial charge in [0.05, 0.1) is 5.69 Å². The Balaban J connectivity index is 1.71. The van der Waals surface area contributed by atoms with Gasteiger partial charge in [-0.2, -0.15) is 0 Å². The first kappa shape index (κ1) is 17.6. The van der Waals surface area contributed by atoms with Gasteiger partial charge in [-0.3, -0.25) is 14.7 Å². The van der Waals surface area contributed by atoms with Gasteiger partial charge in [-0.25, -0.2) is 0 Å². The summed E-state index contributed by atoms with van der Waals surface area (Å²) in [6, 6.07) is 12.2.